The van der Waals surface area contributed by atoms with Crippen LogP contribution in [0.5, 0.6) is 0 Å². The zero-order valence-corrected chi connectivity index (χ0v) is 16.2. The van der Waals surface area contributed by atoms with Crippen LogP contribution in [-0.2, 0) is 4.79 Å². The van der Waals surface area contributed by atoms with Crippen molar-refractivity contribution in [2.24, 2.45) is 0 Å². The first-order chi connectivity index (χ1) is 11.1. The van der Waals surface area contributed by atoms with Crippen LogP contribution in [0.15, 0.2) is 23.1 Å². The number of unbranched alkanes of at least 4 members (excludes halogenated alkanes) is 4. The van der Waals surface area contributed by atoms with Crippen LogP contribution in [-0.4, -0.2) is 29.6 Å². The molecule has 0 aromatic heterocycles. The summed E-state index contributed by atoms with van der Waals surface area (Å²) in [7, 11) is 0. The molecular weight excluding hydrogens is 302 g/mol. The number of hydrogen-bond acceptors (Lipinski definition) is 3. The van der Waals surface area contributed by atoms with Crippen molar-refractivity contribution >= 4 is 16.9 Å². The van der Waals surface area contributed by atoms with Gasteiger partial charge in [-0.15, -0.1) is 0 Å². The van der Waals surface area contributed by atoms with Gasteiger partial charge >= 0.3 is 0 Å². The first-order valence-electron chi connectivity index (χ1n) is 9.07. The van der Waals surface area contributed by atoms with Crippen molar-refractivity contribution in [3.8, 4) is 0 Å². The molecule has 0 saturated carbocycles. The van der Waals surface area contributed by atoms with E-state index in [1.165, 1.54) is 55.0 Å². The average molecular weight is 336 g/mol. The SMILES string of the molecule is CCCCCCCN(CCC)CC(=O)Sc1c(C)cccc1C. The molecule has 0 N–H and O–H groups in total. The molecule has 2 nitrogen and oxygen atoms in total. The van der Waals surface area contributed by atoms with Gasteiger partial charge in [-0.2, -0.15) is 0 Å². The van der Waals surface area contributed by atoms with Gasteiger partial charge < -0.3 is 0 Å². The van der Waals surface area contributed by atoms with Crippen molar-refractivity contribution in [1.82, 2.24) is 4.90 Å². The van der Waals surface area contributed by atoms with Crippen molar-refractivity contribution in [2.75, 3.05) is 19.6 Å². The summed E-state index contributed by atoms with van der Waals surface area (Å²) >= 11 is 1.42. The molecule has 0 heterocycles. The molecule has 1 aromatic carbocycles. The van der Waals surface area contributed by atoms with Gasteiger partial charge in [0.05, 0.1) is 6.54 Å². The molecule has 0 bridgehead atoms. The second-order valence-corrected chi connectivity index (χ2v) is 7.45. The van der Waals surface area contributed by atoms with Crippen molar-refractivity contribution in [2.45, 2.75) is 71.1 Å². The number of carbonyl (C=O) groups is 1. The lowest BCUT2D eigenvalue weighted by molar-refractivity contribution is -0.112. The smallest absolute Gasteiger partial charge is 0.207 e. The van der Waals surface area contributed by atoms with E-state index >= 15 is 0 Å². The maximum Gasteiger partial charge on any atom is 0.207 e. The maximum absolute atomic E-state index is 12.5. The number of aryl methyl sites for hydroxylation is 2. The molecule has 0 spiro atoms. The van der Waals surface area contributed by atoms with Crippen LogP contribution in [0, 0.1) is 13.8 Å². The molecule has 3 heteroatoms. The fourth-order valence-corrected chi connectivity index (χ4v) is 3.75. The highest BCUT2D eigenvalue weighted by atomic mass is 32.2. The number of nitrogens with zero attached hydrogens (tertiary/aromatic N) is 1. The molecular formula is C20H33NOS. The fraction of sp³-hybridized carbons (Fsp3) is 0.650. The molecule has 0 fully saturated rings. The zero-order valence-electron chi connectivity index (χ0n) is 15.4. The molecule has 1 rings (SSSR count). The lowest BCUT2D eigenvalue weighted by Gasteiger charge is -2.21. The minimum Gasteiger partial charge on any atom is -0.295 e. The van der Waals surface area contributed by atoms with Crippen LogP contribution in [0.25, 0.3) is 0 Å². The van der Waals surface area contributed by atoms with Gasteiger partial charge in [-0.25, -0.2) is 0 Å². The molecule has 0 aliphatic carbocycles. The van der Waals surface area contributed by atoms with E-state index in [0.29, 0.717) is 6.54 Å². The number of thioether (sulfide) groups is 1. The Hall–Kier alpha value is -0.800. The van der Waals surface area contributed by atoms with Crippen LogP contribution in [0.3, 0.4) is 0 Å². The third kappa shape index (κ3) is 8.03. The normalized spacial score (nSPS) is 11.2. The van der Waals surface area contributed by atoms with E-state index in [1.807, 2.05) is 0 Å². The van der Waals surface area contributed by atoms with E-state index < -0.39 is 0 Å². The van der Waals surface area contributed by atoms with E-state index in [1.54, 1.807) is 0 Å². The number of rotatable bonds is 11. The molecule has 130 valence electrons. The van der Waals surface area contributed by atoms with Gasteiger partial charge in [0.1, 0.15) is 0 Å². The first-order valence-corrected chi connectivity index (χ1v) is 9.89. The lowest BCUT2D eigenvalue weighted by Crippen LogP contribution is -2.30. The zero-order chi connectivity index (χ0) is 17.1. The van der Waals surface area contributed by atoms with Gasteiger partial charge in [0.25, 0.3) is 0 Å². The summed E-state index contributed by atoms with van der Waals surface area (Å²) in [6.07, 6.45) is 7.53. The van der Waals surface area contributed by atoms with Gasteiger partial charge in [0.15, 0.2) is 0 Å². The average Bonchev–Trinajstić information content (AvgIpc) is 2.51. The Labute approximate surface area is 147 Å². The van der Waals surface area contributed by atoms with Crippen molar-refractivity contribution in [3.63, 3.8) is 0 Å². The van der Waals surface area contributed by atoms with Crippen LogP contribution in [0.4, 0.5) is 0 Å². The van der Waals surface area contributed by atoms with E-state index in [4.69, 9.17) is 0 Å². The molecule has 0 aliphatic rings. The predicted molar refractivity (Wildman–Crippen MR) is 102 cm³/mol. The highest BCUT2D eigenvalue weighted by molar-refractivity contribution is 8.13. The molecule has 0 amide bonds. The van der Waals surface area contributed by atoms with E-state index in [9.17, 15) is 4.79 Å². The van der Waals surface area contributed by atoms with Crippen LogP contribution in [0.2, 0.25) is 0 Å². The van der Waals surface area contributed by atoms with Gasteiger partial charge in [-0.1, -0.05) is 69.5 Å². The third-order valence-electron chi connectivity index (χ3n) is 4.10. The van der Waals surface area contributed by atoms with Gasteiger partial charge in [0.2, 0.25) is 5.12 Å². The summed E-state index contributed by atoms with van der Waals surface area (Å²) in [6.45, 7) is 11.2. The summed E-state index contributed by atoms with van der Waals surface area (Å²) in [6, 6.07) is 6.22. The minimum atomic E-state index is 0.268. The van der Waals surface area contributed by atoms with Crippen molar-refractivity contribution < 1.29 is 4.79 Å². The molecule has 0 aliphatic heterocycles. The molecule has 0 radical (unpaired) electrons. The van der Waals surface area contributed by atoms with Gasteiger partial charge in [-0.05, 0) is 50.9 Å². The van der Waals surface area contributed by atoms with Crippen LogP contribution < -0.4 is 0 Å². The third-order valence-corrected chi connectivity index (χ3v) is 5.30. The van der Waals surface area contributed by atoms with E-state index in [0.717, 1.165) is 24.4 Å². The molecule has 1 aromatic rings. The summed E-state index contributed by atoms with van der Waals surface area (Å²) in [5.74, 6) is 0. The van der Waals surface area contributed by atoms with Crippen LogP contribution in [0.1, 0.15) is 63.5 Å². The predicted octanol–water partition coefficient (Wildman–Crippen LogP) is 5.60. The topological polar surface area (TPSA) is 20.3 Å². The van der Waals surface area contributed by atoms with Crippen molar-refractivity contribution in [1.29, 1.82) is 0 Å². The molecule has 0 atom stereocenters. The van der Waals surface area contributed by atoms with Gasteiger partial charge in [-0.3, -0.25) is 9.69 Å². The largest absolute Gasteiger partial charge is 0.295 e. The second-order valence-electron chi connectivity index (χ2n) is 6.39. The summed E-state index contributed by atoms with van der Waals surface area (Å²) in [5, 5.41) is 0.268. The Bertz CT molecular complexity index is 452. The Morgan fingerprint density at radius 1 is 0.957 bits per heavy atom. The summed E-state index contributed by atoms with van der Waals surface area (Å²) < 4.78 is 0. The molecule has 23 heavy (non-hydrogen) atoms. The Morgan fingerprint density at radius 3 is 2.22 bits per heavy atom. The number of carbonyl (C=O) groups excluding carboxylic acids is 1. The van der Waals surface area contributed by atoms with Gasteiger partial charge in [0, 0.05) is 4.90 Å². The van der Waals surface area contributed by atoms with Crippen molar-refractivity contribution in [3.05, 3.63) is 29.3 Å². The number of benzene rings is 1. The second kappa shape index (κ2) is 11.7. The standard InChI is InChI=1S/C20H33NOS/c1-5-7-8-9-10-15-21(14-6-2)16-19(22)23-20-17(3)12-11-13-18(20)4/h11-13H,5-10,14-16H2,1-4H3. The fourth-order valence-electron chi connectivity index (χ4n) is 2.81. The molecule has 0 saturated heterocycles. The quantitative estimate of drug-likeness (QED) is 0.387. The lowest BCUT2D eigenvalue weighted by atomic mass is 10.1. The Kier molecular flexibility index (Phi) is 10.3. The number of hydrogen-bond donors (Lipinski definition) is 0. The van der Waals surface area contributed by atoms with E-state index in [2.05, 4.69) is 50.8 Å². The minimum absolute atomic E-state index is 0.268. The monoisotopic (exact) mass is 335 g/mol. The van der Waals surface area contributed by atoms with E-state index in [-0.39, 0.29) is 5.12 Å². The summed E-state index contributed by atoms with van der Waals surface area (Å²) in [4.78, 5) is 15.9. The van der Waals surface area contributed by atoms with Crippen LogP contribution >= 0.6 is 11.8 Å². The Morgan fingerprint density at radius 2 is 1.61 bits per heavy atom. The highest BCUT2D eigenvalue weighted by Gasteiger charge is 2.13. The first kappa shape index (κ1) is 20.2. The maximum atomic E-state index is 12.5. The molecule has 0 unspecified atom stereocenters. The highest BCUT2D eigenvalue weighted by Crippen LogP contribution is 2.27. The summed E-state index contributed by atoms with van der Waals surface area (Å²) in [5.41, 5.74) is 2.40. The Balaban J connectivity index is 2.47.